The Hall–Kier alpha value is -4.44. The van der Waals surface area contributed by atoms with Gasteiger partial charge in [0.25, 0.3) is 17.7 Å². The number of nitrogens with one attached hydrogen (secondary N) is 2. The number of hydrogen-bond donors (Lipinski definition) is 3. The van der Waals surface area contributed by atoms with Crippen LogP contribution in [0.3, 0.4) is 0 Å². The number of benzene rings is 3. The third kappa shape index (κ3) is 5.44. The minimum absolute atomic E-state index is 0.0321. The summed E-state index contributed by atoms with van der Waals surface area (Å²) in [7, 11) is 0. The molecule has 1 saturated heterocycles. The smallest absolute Gasteiger partial charge is 0.335 e. The summed E-state index contributed by atoms with van der Waals surface area (Å²) in [5.74, 6) is -1.61. The number of para-hydroxylation sites is 1. The molecular weight excluding hydrogens is 530 g/mol. The first-order valence-electron chi connectivity index (χ1n) is 10.7. The molecule has 3 aromatic rings. The van der Waals surface area contributed by atoms with Gasteiger partial charge in [0.1, 0.15) is 17.1 Å². The van der Waals surface area contributed by atoms with E-state index < -0.39 is 17.8 Å². The molecule has 1 aliphatic heterocycles. The average Bonchev–Trinajstić information content (AvgIpc) is 2.84. The Bertz CT molecular complexity index is 1400. The molecule has 9 nitrogen and oxygen atoms in total. The number of nitrogens with zero attached hydrogens (tertiary/aromatic N) is 1. The van der Waals surface area contributed by atoms with E-state index in [1.807, 2.05) is 25.1 Å². The number of urea groups is 1. The zero-order chi connectivity index (χ0) is 25.8. The molecule has 0 radical (unpaired) electrons. The number of aryl methyl sites for hydroxylation is 1. The molecule has 182 valence electrons. The van der Waals surface area contributed by atoms with E-state index >= 15 is 0 Å². The molecule has 0 saturated carbocycles. The van der Waals surface area contributed by atoms with Crippen LogP contribution in [0.5, 0.6) is 11.5 Å². The lowest BCUT2D eigenvalue weighted by atomic mass is 10.1. The molecule has 0 bridgehead atoms. The lowest BCUT2D eigenvalue weighted by molar-refractivity contribution is -0.122. The fourth-order valence-electron chi connectivity index (χ4n) is 3.43. The highest BCUT2D eigenvalue weighted by atomic mass is 79.9. The van der Waals surface area contributed by atoms with Gasteiger partial charge >= 0.3 is 6.03 Å². The first kappa shape index (κ1) is 24.7. The number of rotatable bonds is 6. The number of anilines is 2. The van der Waals surface area contributed by atoms with E-state index in [4.69, 9.17) is 4.74 Å². The van der Waals surface area contributed by atoms with Crippen molar-refractivity contribution >= 4 is 57.1 Å². The summed E-state index contributed by atoms with van der Waals surface area (Å²) >= 11 is 3.38. The SMILES string of the molecule is Cc1ccccc1NC(=O)COc1ccc(/C=C2/C(=O)NC(=O)N(c3ccc(O)cc3)C2=O)cc1Br. The molecule has 3 N–H and O–H groups in total. The van der Waals surface area contributed by atoms with E-state index in [1.165, 1.54) is 30.3 Å². The van der Waals surface area contributed by atoms with Gasteiger partial charge in [0.15, 0.2) is 6.61 Å². The second-order valence-corrected chi connectivity index (χ2v) is 8.67. The van der Waals surface area contributed by atoms with E-state index in [0.29, 0.717) is 21.5 Å². The van der Waals surface area contributed by atoms with Gasteiger partial charge in [0, 0.05) is 5.69 Å². The van der Waals surface area contributed by atoms with Gasteiger partial charge in [-0.25, -0.2) is 9.69 Å². The van der Waals surface area contributed by atoms with Crippen LogP contribution in [-0.4, -0.2) is 35.5 Å². The first-order chi connectivity index (χ1) is 17.2. The van der Waals surface area contributed by atoms with E-state index in [9.17, 15) is 24.3 Å². The molecule has 0 spiro atoms. The molecule has 1 aliphatic rings. The zero-order valence-electron chi connectivity index (χ0n) is 18.9. The lowest BCUT2D eigenvalue weighted by Gasteiger charge is -2.26. The van der Waals surface area contributed by atoms with Gasteiger partial charge in [-0.15, -0.1) is 0 Å². The fraction of sp³-hybridized carbons (Fsp3) is 0.0769. The summed E-state index contributed by atoms with van der Waals surface area (Å²) in [4.78, 5) is 50.7. The molecule has 5 amide bonds. The Morgan fingerprint density at radius 1 is 1.08 bits per heavy atom. The Morgan fingerprint density at radius 2 is 1.81 bits per heavy atom. The number of halogens is 1. The van der Waals surface area contributed by atoms with Crippen LogP contribution in [0, 0.1) is 6.92 Å². The normalized spacial score (nSPS) is 14.6. The zero-order valence-corrected chi connectivity index (χ0v) is 20.5. The van der Waals surface area contributed by atoms with Gasteiger partial charge < -0.3 is 15.2 Å². The topological polar surface area (TPSA) is 125 Å². The van der Waals surface area contributed by atoms with E-state index in [1.54, 1.807) is 24.3 Å². The maximum atomic E-state index is 13.0. The number of imide groups is 2. The van der Waals surface area contributed by atoms with Crippen LogP contribution in [-0.2, 0) is 14.4 Å². The van der Waals surface area contributed by atoms with E-state index in [2.05, 4.69) is 26.6 Å². The predicted octanol–water partition coefficient (Wildman–Crippen LogP) is 4.15. The van der Waals surface area contributed by atoms with Crippen molar-refractivity contribution < 1.29 is 29.0 Å². The highest BCUT2D eigenvalue weighted by molar-refractivity contribution is 9.10. The molecule has 1 heterocycles. The van der Waals surface area contributed by atoms with Crippen molar-refractivity contribution in [2.45, 2.75) is 6.92 Å². The van der Waals surface area contributed by atoms with Crippen LogP contribution in [0.15, 0.2) is 76.8 Å². The summed E-state index contributed by atoms with van der Waals surface area (Å²) in [6, 6.07) is 16.7. The number of phenols is 1. The Kier molecular flexibility index (Phi) is 7.16. The maximum absolute atomic E-state index is 13.0. The van der Waals surface area contributed by atoms with Crippen molar-refractivity contribution in [3.63, 3.8) is 0 Å². The summed E-state index contributed by atoms with van der Waals surface area (Å²) in [6.45, 7) is 1.66. The van der Waals surface area contributed by atoms with Crippen LogP contribution in [0.2, 0.25) is 0 Å². The lowest BCUT2D eigenvalue weighted by Crippen LogP contribution is -2.54. The standard InChI is InChI=1S/C26H20BrN3O6/c1-15-4-2-3-5-21(15)28-23(32)14-36-22-11-6-16(13-20(22)27)12-19-24(33)29-26(35)30(25(19)34)17-7-9-18(31)10-8-17/h2-13,31H,14H2,1H3,(H,28,32)(H,29,33,35)/b19-12-. The van der Waals surface area contributed by atoms with E-state index in [0.717, 1.165) is 10.5 Å². The van der Waals surface area contributed by atoms with Crippen LogP contribution < -0.4 is 20.3 Å². The molecule has 0 aliphatic carbocycles. The number of ether oxygens (including phenoxy) is 1. The number of amides is 5. The number of carbonyl (C=O) groups excluding carboxylic acids is 4. The molecular formula is C26H20BrN3O6. The van der Waals surface area contributed by atoms with Gasteiger partial charge in [-0.2, -0.15) is 0 Å². The van der Waals surface area contributed by atoms with E-state index in [-0.39, 0.29) is 29.5 Å². The van der Waals surface area contributed by atoms with Gasteiger partial charge in [-0.3, -0.25) is 19.7 Å². The maximum Gasteiger partial charge on any atom is 0.335 e. The second kappa shape index (κ2) is 10.4. The molecule has 0 unspecified atom stereocenters. The molecule has 3 aromatic carbocycles. The van der Waals surface area contributed by atoms with Crippen molar-refractivity contribution in [1.29, 1.82) is 0 Å². The Morgan fingerprint density at radius 3 is 2.50 bits per heavy atom. The highest BCUT2D eigenvalue weighted by Crippen LogP contribution is 2.28. The van der Waals surface area contributed by atoms with Gasteiger partial charge in [-0.05, 0) is 82.5 Å². The molecule has 0 atom stereocenters. The number of carbonyl (C=O) groups is 4. The van der Waals surface area contributed by atoms with Crippen molar-refractivity contribution in [1.82, 2.24) is 5.32 Å². The quantitative estimate of drug-likeness (QED) is 0.313. The molecule has 4 rings (SSSR count). The number of barbiturate groups is 1. The molecule has 1 fully saturated rings. The predicted molar refractivity (Wildman–Crippen MR) is 137 cm³/mol. The number of aromatic hydroxyl groups is 1. The van der Waals surface area contributed by atoms with Gasteiger partial charge in [-0.1, -0.05) is 24.3 Å². The van der Waals surface area contributed by atoms with Crippen molar-refractivity contribution in [2.75, 3.05) is 16.8 Å². The van der Waals surface area contributed by atoms with Gasteiger partial charge in [0.2, 0.25) is 0 Å². The van der Waals surface area contributed by atoms with Crippen LogP contribution in [0.4, 0.5) is 16.2 Å². The van der Waals surface area contributed by atoms with Crippen LogP contribution in [0.1, 0.15) is 11.1 Å². The van der Waals surface area contributed by atoms with Crippen LogP contribution in [0.25, 0.3) is 6.08 Å². The second-order valence-electron chi connectivity index (χ2n) is 7.82. The third-order valence-electron chi connectivity index (χ3n) is 5.25. The number of hydrogen-bond acceptors (Lipinski definition) is 6. The minimum Gasteiger partial charge on any atom is -0.508 e. The summed E-state index contributed by atoms with van der Waals surface area (Å²) in [6.07, 6.45) is 1.34. The Labute approximate surface area is 214 Å². The number of phenolic OH excluding ortho intramolecular Hbond substituents is 1. The molecule has 36 heavy (non-hydrogen) atoms. The molecule has 0 aromatic heterocycles. The first-order valence-corrected chi connectivity index (χ1v) is 11.5. The molecule has 10 heteroatoms. The monoisotopic (exact) mass is 549 g/mol. The van der Waals surface area contributed by atoms with Crippen LogP contribution >= 0.6 is 15.9 Å². The van der Waals surface area contributed by atoms with Crippen molar-refractivity contribution in [2.24, 2.45) is 0 Å². The van der Waals surface area contributed by atoms with Crippen molar-refractivity contribution in [3.8, 4) is 11.5 Å². The Balaban J connectivity index is 1.48. The minimum atomic E-state index is -0.887. The largest absolute Gasteiger partial charge is 0.508 e. The summed E-state index contributed by atoms with van der Waals surface area (Å²) in [5, 5.41) is 14.4. The highest BCUT2D eigenvalue weighted by Gasteiger charge is 2.36. The third-order valence-corrected chi connectivity index (χ3v) is 5.87. The fourth-order valence-corrected chi connectivity index (χ4v) is 3.94. The summed E-state index contributed by atoms with van der Waals surface area (Å²) < 4.78 is 6.09. The van der Waals surface area contributed by atoms with Gasteiger partial charge in [0.05, 0.1) is 10.2 Å². The summed E-state index contributed by atoms with van der Waals surface area (Å²) in [5.41, 5.74) is 2.05. The van der Waals surface area contributed by atoms with Crippen molar-refractivity contribution in [3.05, 3.63) is 87.9 Å². The average molecular weight is 550 g/mol.